The monoisotopic (exact) mass is 327 g/mol. The van der Waals surface area contributed by atoms with Gasteiger partial charge in [0.1, 0.15) is 0 Å². The Labute approximate surface area is 141 Å². The highest BCUT2D eigenvalue weighted by molar-refractivity contribution is 5.92. The van der Waals surface area contributed by atoms with Crippen LogP contribution in [-0.2, 0) is 33.8 Å². The SMILES string of the molecule is COCc1cccc(CC(=O)Nc2ccc(CCC(=O)O)cc2)c1. The maximum Gasteiger partial charge on any atom is 0.303 e. The van der Waals surface area contributed by atoms with Crippen molar-refractivity contribution in [2.45, 2.75) is 25.9 Å². The summed E-state index contributed by atoms with van der Waals surface area (Å²) >= 11 is 0. The lowest BCUT2D eigenvalue weighted by Crippen LogP contribution is -2.14. The molecule has 0 aliphatic carbocycles. The number of carbonyl (C=O) groups is 2. The van der Waals surface area contributed by atoms with Crippen molar-refractivity contribution in [2.75, 3.05) is 12.4 Å². The fourth-order valence-corrected chi connectivity index (χ4v) is 2.39. The average Bonchev–Trinajstić information content (AvgIpc) is 2.55. The fraction of sp³-hybridized carbons (Fsp3) is 0.263. The van der Waals surface area contributed by atoms with Crippen molar-refractivity contribution in [1.29, 1.82) is 0 Å². The number of hydrogen-bond donors (Lipinski definition) is 2. The van der Waals surface area contributed by atoms with Gasteiger partial charge in [0.15, 0.2) is 0 Å². The molecule has 2 rings (SSSR count). The lowest BCUT2D eigenvalue weighted by Gasteiger charge is -2.08. The van der Waals surface area contributed by atoms with Crippen molar-refractivity contribution < 1.29 is 19.4 Å². The highest BCUT2D eigenvalue weighted by Gasteiger charge is 2.06. The van der Waals surface area contributed by atoms with Crippen LogP contribution in [0.1, 0.15) is 23.1 Å². The summed E-state index contributed by atoms with van der Waals surface area (Å²) in [5.41, 5.74) is 3.60. The summed E-state index contributed by atoms with van der Waals surface area (Å²) in [6, 6.07) is 15.0. The first-order valence-corrected chi connectivity index (χ1v) is 7.74. The third kappa shape index (κ3) is 5.85. The number of carbonyl (C=O) groups excluding carboxylic acids is 1. The van der Waals surface area contributed by atoms with Crippen LogP contribution in [0.25, 0.3) is 0 Å². The van der Waals surface area contributed by atoms with E-state index < -0.39 is 5.97 Å². The Hall–Kier alpha value is -2.66. The van der Waals surface area contributed by atoms with Gasteiger partial charge >= 0.3 is 5.97 Å². The van der Waals surface area contributed by atoms with Crippen LogP contribution < -0.4 is 5.32 Å². The first kappa shape index (κ1) is 17.7. The highest BCUT2D eigenvalue weighted by atomic mass is 16.5. The second-order valence-corrected chi connectivity index (χ2v) is 5.57. The number of aryl methyl sites for hydroxylation is 1. The molecular formula is C19H21NO4. The molecule has 0 radical (unpaired) electrons. The van der Waals surface area contributed by atoms with Gasteiger partial charge in [0, 0.05) is 19.2 Å². The summed E-state index contributed by atoms with van der Waals surface area (Å²) in [6.45, 7) is 0.521. The van der Waals surface area contributed by atoms with Crippen molar-refractivity contribution in [2.24, 2.45) is 0 Å². The Bertz CT molecular complexity index is 695. The van der Waals surface area contributed by atoms with Gasteiger partial charge < -0.3 is 15.2 Å². The minimum Gasteiger partial charge on any atom is -0.481 e. The van der Waals surface area contributed by atoms with E-state index in [0.29, 0.717) is 18.7 Å². The first-order chi connectivity index (χ1) is 11.6. The van der Waals surface area contributed by atoms with Gasteiger partial charge in [-0.1, -0.05) is 36.4 Å². The van der Waals surface area contributed by atoms with Gasteiger partial charge in [-0.3, -0.25) is 9.59 Å². The van der Waals surface area contributed by atoms with Gasteiger partial charge in [-0.05, 0) is 35.2 Å². The molecule has 0 aromatic heterocycles. The molecule has 0 saturated carbocycles. The van der Waals surface area contributed by atoms with E-state index in [4.69, 9.17) is 9.84 Å². The van der Waals surface area contributed by atoms with Crippen LogP contribution in [-0.4, -0.2) is 24.1 Å². The van der Waals surface area contributed by atoms with E-state index in [9.17, 15) is 9.59 Å². The molecule has 5 nitrogen and oxygen atoms in total. The summed E-state index contributed by atoms with van der Waals surface area (Å²) in [4.78, 5) is 22.7. The number of nitrogens with one attached hydrogen (secondary N) is 1. The summed E-state index contributed by atoms with van der Waals surface area (Å²) < 4.78 is 5.09. The molecule has 0 saturated heterocycles. The third-order valence-corrected chi connectivity index (χ3v) is 3.53. The van der Waals surface area contributed by atoms with Crippen LogP contribution in [0.2, 0.25) is 0 Å². The largest absolute Gasteiger partial charge is 0.481 e. The lowest BCUT2D eigenvalue weighted by molar-refractivity contribution is -0.137. The minimum atomic E-state index is -0.817. The smallest absolute Gasteiger partial charge is 0.303 e. The Morgan fingerprint density at radius 2 is 1.75 bits per heavy atom. The predicted octanol–water partition coefficient (Wildman–Crippen LogP) is 3.03. The van der Waals surface area contributed by atoms with Crippen molar-refractivity contribution in [3.63, 3.8) is 0 Å². The number of benzene rings is 2. The molecule has 126 valence electrons. The Kier molecular flexibility index (Phi) is 6.51. The standard InChI is InChI=1S/C19H21NO4/c1-24-13-16-4-2-3-15(11-16)12-18(21)20-17-8-5-14(6-9-17)7-10-19(22)23/h2-6,8-9,11H,7,10,12-13H2,1H3,(H,20,21)(H,22,23). The van der Waals surface area contributed by atoms with Crippen molar-refractivity contribution in [1.82, 2.24) is 0 Å². The Morgan fingerprint density at radius 3 is 2.42 bits per heavy atom. The topological polar surface area (TPSA) is 75.6 Å². The van der Waals surface area contributed by atoms with Crippen LogP contribution in [0.15, 0.2) is 48.5 Å². The van der Waals surface area contributed by atoms with Gasteiger partial charge in [0.05, 0.1) is 13.0 Å². The van der Waals surface area contributed by atoms with Crippen LogP contribution in [0.3, 0.4) is 0 Å². The number of ether oxygens (including phenoxy) is 1. The summed E-state index contributed by atoms with van der Waals surface area (Å²) in [6.07, 6.45) is 0.873. The molecule has 0 atom stereocenters. The summed E-state index contributed by atoms with van der Waals surface area (Å²) in [5, 5.41) is 11.5. The van der Waals surface area contributed by atoms with Gasteiger partial charge in [-0.15, -0.1) is 0 Å². The van der Waals surface area contributed by atoms with Crippen LogP contribution in [0.4, 0.5) is 5.69 Å². The second-order valence-electron chi connectivity index (χ2n) is 5.57. The maximum atomic E-state index is 12.1. The molecule has 2 N–H and O–H groups in total. The summed E-state index contributed by atoms with van der Waals surface area (Å²) in [5.74, 6) is -0.911. The zero-order valence-electron chi connectivity index (χ0n) is 13.6. The molecule has 5 heteroatoms. The molecule has 0 bridgehead atoms. The number of anilines is 1. The normalized spacial score (nSPS) is 10.4. The molecular weight excluding hydrogens is 306 g/mol. The van der Waals surface area contributed by atoms with Crippen LogP contribution >= 0.6 is 0 Å². The quantitative estimate of drug-likeness (QED) is 0.781. The number of amides is 1. The zero-order chi connectivity index (χ0) is 17.4. The van der Waals surface area contributed by atoms with Crippen molar-refractivity contribution >= 4 is 17.6 Å². The second kappa shape index (κ2) is 8.84. The molecule has 0 unspecified atom stereocenters. The molecule has 2 aromatic carbocycles. The van der Waals surface area contributed by atoms with Crippen molar-refractivity contribution in [3.05, 3.63) is 65.2 Å². The number of rotatable bonds is 8. The molecule has 0 spiro atoms. The number of methoxy groups -OCH3 is 1. The van der Waals surface area contributed by atoms with Gasteiger partial charge in [0.2, 0.25) is 5.91 Å². The van der Waals surface area contributed by atoms with Crippen LogP contribution in [0.5, 0.6) is 0 Å². The minimum absolute atomic E-state index is 0.0946. The lowest BCUT2D eigenvalue weighted by atomic mass is 10.1. The van der Waals surface area contributed by atoms with E-state index in [1.165, 1.54) is 0 Å². The number of carboxylic acids is 1. The average molecular weight is 327 g/mol. The van der Waals surface area contributed by atoms with Crippen molar-refractivity contribution in [3.8, 4) is 0 Å². The number of hydrogen-bond acceptors (Lipinski definition) is 3. The molecule has 24 heavy (non-hydrogen) atoms. The molecule has 2 aromatic rings. The van der Waals surface area contributed by atoms with Gasteiger partial charge in [-0.25, -0.2) is 0 Å². The van der Waals surface area contributed by atoms with Gasteiger partial charge in [-0.2, -0.15) is 0 Å². The van der Waals surface area contributed by atoms with E-state index in [0.717, 1.165) is 16.7 Å². The van der Waals surface area contributed by atoms with E-state index in [1.807, 2.05) is 36.4 Å². The number of carboxylic acid groups (broad SMARTS) is 1. The summed E-state index contributed by atoms with van der Waals surface area (Å²) in [7, 11) is 1.64. The molecule has 0 fully saturated rings. The highest BCUT2D eigenvalue weighted by Crippen LogP contribution is 2.13. The fourth-order valence-electron chi connectivity index (χ4n) is 2.39. The molecule has 0 aliphatic rings. The molecule has 0 aliphatic heterocycles. The zero-order valence-corrected chi connectivity index (χ0v) is 13.6. The maximum absolute atomic E-state index is 12.1. The van der Waals surface area contributed by atoms with E-state index in [2.05, 4.69) is 5.32 Å². The Morgan fingerprint density at radius 1 is 1.04 bits per heavy atom. The van der Waals surface area contributed by atoms with E-state index in [1.54, 1.807) is 19.2 Å². The molecule has 0 heterocycles. The van der Waals surface area contributed by atoms with E-state index in [-0.39, 0.29) is 18.7 Å². The molecule has 1 amide bonds. The Balaban J connectivity index is 1.90. The number of aliphatic carboxylic acids is 1. The first-order valence-electron chi connectivity index (χ1n) is 7.74. The van der Waals surface area contributed by atoms with Gasteiger partial charge in [0.25, 0.3) is 0 Å². The predicted molar refractivity (Wildman–Crippen MR) is 91.9 cm³/mol. The van der Waals surface area contributed by atoms with E-state index >= 15 is 0 Å². The van der Waals surface area contributed by atoms with Crippen LogP contribution in [0, 0.1) is 0 Å². The third-order valence-electron chi connectivity index (χ3n) is 3.53.